The first kappa shape index (κ1) is 17.9. The number of aliphatic carboxylic acids is 1. The number of carbonyl (C=O) groups is 1. The first-order chi connectivity index (χ1) is 13.7. The maximum absolute atomic E-state index is 11.5. The maximum Gasteiger partial charge on any atom is 0.387 e. The number of ether oxygens (including phenoxy) is 2. The van der Waals surface area contributed by atoms with Crippen molar-refractivity contribution in [1.82, 2.24) is 0 Å². The summed E-state index contributed by atoms with van der Waals surface area (Å²) in [6.07, 6.45) is -0.403. The molecule has 0 saturated heterocycles. The summed E-state index contributed by atoms with van der Waals surface area (Å²) in [7, 11) is 0. The van der Waals surface area contributed by atoms with Crippen molar-refractivity contribution in [2.24, 2.45) is 0 Å². The van der Waals surface area contributed by atoms with Crippen molar-refractivity contribution in [3.05, 3.63) is 90.0 Å². The first-order valence-corrected chi connectivity index (χ1v) is 9.24. The lowest BCUT2D eigenvalue weighted by Gasteiger charge is -2.27. The molecule has 1 aliphatic rings. The van der Waals surface area contributed by atoms with Gasteiger partial charge in [-0.3, -0.25) is 0 Å². The van der Waals surface area contributed by atoms with E-state index < -0.39 is 12.3 Å². The standard InChI is InChI=1S/C23H21NO4/c25-22(26)23(27-17-6-2-1-3-7-17)28-18-12-10-16(11-13-18)19-14-15-24-21-9-5-4-8-20(19)21/h1-13,19,23-24H,14-15H2,(H,25,26). The molecule has 2 unspecified atom stereocenters. The molecular weight excluding hydrogens is 354 g/mol. The van der Waals surface area contributed by atoms with Crippen LogP contribution in [0.3, 0.4) is 0 Å². The van der Waals surface area contributed by atoms with Crippen molar-refractivity contribution >= 4 is 11.7 Å². The molecule has 3 aromatic rings. The summed E-state index contributed by atoms with van der Waals surface area (Å²) >= 11 is 0. The summed E-state index contributed by atoms with van der Waals surface area (Å²) in [5.41, 5.74) is 3.62. The van der Waals surface area contributed by atoms with Crippen LogP contribution in [0.2, 0.25) is 0 Å². The van der Waals surface area contributed by atoms with Gasteiger partial charge in [0.15, 0.2) is 0 Å². The molecule has 5 heteroatoms. The van der Waals surface area contributed by atoms with E-state index in [9.17, 15) is 9.90 Å². The second-order valence-corrected chi connectivity index (χ2v) is 6.64. The summed E-state index contributed by atoms with van der Waals surface area (Å²) in [6, 6.07) is 24.7. The predicted molar refractivity (Wildman–Crippen MR) is 107 cm³/mol. The number of rotatable bonds is 6. The van der Waals surface area contributed by atoms with Gasteiger partial charge in [0.25, 0.3) is 0 Å². The van der Waals surface area contributed by atoms with Crippen LogP contribution >= 0.6 is 0 Å². The fourth-order valence-electron chi connectivity index (χ4n) is 3.46. The lowest BCUT2D eigenvalue weighted by atomic mass is 9.85. The lowest BCUT2D eigenvalue weighted by Crippen LogP contribution is -2.33. The molecule has 0 spiro atoms. The van der Waals surface area contributed by atoms with Crippen LogP contribution in [0.4, 0.5) is 5.69 Å². The SMILES string of the molecule is O=C(O)C(Oc1ccccc1)Oc1ccc(C2CCNc3ccccc32)cc1. The van der Waals surface area contributed by atoms with Gasteiger partial charge in [-0.05, 0) is 47.9 Å². The molecule has 1 heterocycles. The van der Waals surface area contributed by atoms with E-state index in [2.05, 4.69) is 23.5 Å². The number of carboxylic acid groups (broad SMARTS) is 1. The Bertz CT molecular complexity index is 940. The zero-order chi connectivity index (χ0) is 19.3. The Hall–Kier alpha value is -3.47. The molecule has 1 aliphatic heterocycles. The Morgan fingerprint density at radius 2 is 1.54 bits per heavy atom. The monoisotopic (exact) mass is 375 g/mol. The normalized spacial score (nSPS) is 16.4. The highest BCUT2D eigenvalue weighted by Gasteiger charge is 2.23. The van der Waals surface area contributed by atoms with E-state index in [1.54, 1.807) is 36.4 Å². The Morgan fingerprint density at radius 1 is 0.893 bits per heavy atom. The zero-order valence-electron chi connectivity index (χ0n) is 15.2. The second-order valence-electron chi connectivity index (χ2n) is 6.64. The van der Waals surface area contributed by atoms with Crippen molar-refractivity contribution in [3.63, 3.8) is 0 Å². The number of nitrogens with one attached hydrogen (secondary N) is 1. The molecule has 0 aromatic heterocycles. The first-order valence-electron chi connectivity index (χ1n) is 9.24. The van der Waals surface area contributed by atoms with Crippen LogP contribution in [-0.4, -0.2) is 23.9 Å². The highest BCUT2D eigenvalue weighted by Crippen LogP contribution is 2.36. The van der Waals surface area contributed by atoms with Gasteiger partial charge in [0, 0.05) is 18.2 Å². The average molecular weight is 375 g/mol. The Morgan fingerprint density at radius 3 is 2.25 bits per heavy atom. The van der Waals surface area contributed by atoms with E-state index >= 15 is 0 Å². The molecule has 0 saturated carbocycles. The van der Waals surface area contributed by atoms with Gasteiger partial charge in [-0.15, -0.1) is 0 Å². The highest BCUT2D eigenvalue weighted by molar-refractivity contribution is 5.71. The number of anilines is 1. The minimum absolute atomic E-state index is 0.308. The maximum atomic E-state index is 11.5. The quantitative estimate of drug-likeness (QED) is 0.621. The van der Waals surface area contributed by atoms with Crippen LogP contribution in [0.25, 0.3) is 0 Å². The fraction of sp³-hybridized carbons (Fsp3) is 0.174. The summed E-state index contributed by atoms with van der Waals surface area (Å²) in [4.78, 5) is 11.5. The largest absolute Gasteiger partial charge is 0.476 e. The Labute approximate surface area is 163 Å². The molecule has 0 aliphatic carbocycles. The number of hydrogen-bond donors (Lipinski definition) is 2. The van der Waals surface area contributed by atoms with Crippen LogP contribution in [0.5, 0.6) is 11.5 Å². The van der Waals surface area contributed by atoms with Gasteiger partial charge in [0.2, 0.25) is 0 Å². The van der Waals surface area contributed by atoms with Gasteiger partial charge in [-0.1, -0.05) is 48.5 Å². The summed E-state index contributed by atoms with van der Waals surface area (Å²) in [5, 5.41) is 12.8. The van der Waals surface area contributed by atoms with Crippen LogP contribution in [-0.2, 0) is 4.79 Å². The third kappa shape index (κ3) is 3.93. The van der Waals surface area contributed by atoms with Gasteiger partial charge in [-0.25, -0.2) is 4.79 Å². The molecule has 4 rings (SSSR count). The molecule has 3 aromatic carbocycles. The smallest absolute Gasteiger partial charge is 0.387 e. The van der Waals surface area contributed by atoms with Crippen molar-refractivity contribution < 1.29 is 19.4 Å². The van der Waals surface area contributed by atoms with E-state index in [1.165, 1.54) is 16.8 Å². The average Bonchev–Trinajstić information content (AvgIpc) is 2.74. The number of carboxylic acids is 1. The molecule has 2 N–H and O–H groups in total. The summed E-state index contributed by atoms with van der Waals surface area (Å²) < 4.78 is 11.0. The van der Waals surface area contributed by atoms with Crippen molar-refractivity contribution in [2.75, 3.05) is 11.9 Å². The molecule has 0 amide bonds. The van der Waals surface area contributed by atoms with Gasteiger partial charge in [-0.2, -0.15) is 0 Å². The molecule has 28 heavy (non-hydrogen) atoms. The Kier molecular flexibility index (Phi) is 5.15. The minimum Gasteiger partial charge on any atom is -0.476 e. The van der Waals surface area contributed by atoms with Gasteiger partial charge in [0.1, 0.15) is 11.5 Å². The van der Waals surface area contributed by atoms with Crippen LogP contribution in [0.1, 0.15) is 23.5 Å². The number of benzene rings is 3. The van der Waals surface area contributed by atoms with Crippen molar-refractivity contribution in [2.45, 2.75) is 18.6 Å². The van der Waals surface area contributed by atoms with Gasteiger partial charge in [0.05, 0.1) is 0 Å². The topological polar surface area (TPSA) is 67.8 Å². The van der Waals surface area contributed by atoms with Gasteiger partial charge < -0.3 is 19.9 Å². The minimum atomic E-state index is -1.41. The summed E-state index contributed by atoms with van der Waals surface area (Å²) in [6.45, 7) is 0.923. The molecule has 0 radical (unpaired) electrons. The van der Waals surface area contributed by atoms with E-state index in [4.69, 9.17) is 9.47 Å². The van der Waals surface area contributed by atoms with E-state index in [1.807, 2.05) is 24.3 Å². The van der Waals surface area contributed by atoms with E-state index in [0.717, 1.165) is 13.0 Å². The van der Waals surface area contributed by atoms with Crippen molar-refractivity contribution in [3.8, 4) is 11.5 Å². The molecule has 142 valence electrons. The molecular formula is C23H21NO4. The van der Waals surface area contributed by atoms with Crippen LogP contribution < -0.4 is 14.8 Å². The highest BCUT2D eigenvalue weighted by atomic mass is 16.7. The predicted octanol–water partition coefficient (Wildman–Crippen LogP) is 4.50. The molecule has 0 bridgehead atoms. The van der Waals surface area contributed by atoms with E-state index in [0.29, 0.717) is 17.4 Å². The van der Waals surface area contributed by atoms with Crippen LogP contribution in [0.15, 0.2) is 78.9 Å². The van der Waals surface area contributed by atoms with Crippen molar-refractivity contribution in [1.29, 1.82) is 0 Å². The summed E-state index contributed by atoms with van der Waals surface area (Å²) in [5.74, 6) is 0.0229. The van der Waals surface area contributed by atoms with Crippen LogP contribution in [0, 0.1) is 0 Å². The zero-order valence-corrected chi connectivity index (χ0v) is 15.2. The van der Waals surface area contributed by atoms with E-state index in [-0.39, 0.29) is 0 Å². The third-order valence-corrected chi connectivity index (χ3v) is 4.80. The number of fused-ring (bicyclic) bond motifs is 1. The third-order valence-electron chi connectivity index (χ3n) is 4.80. The molecule has 5 nitrogen and oxygen atoms in total. The number of para-hydroxylation sites is 2. The number of hydrogen-bond acceptors (Lipinski definition) is 4. The lowest BCUT2D eigenvalue weighted by molar-refractivity contribution is -0.158. The Balaban J connectivity index is 1.49. The fourth-order valence-corrected chi connectivity index (χ4v) is 3.46. The molecule has 0 fully saturated rings. The molecule has 2 atom stereocenters. The second kappa shape index (κ2) is 8.05. The van der Waals surface area contributed by atoms with Gasteiger partial charge >= 0.3 is 12.3 Å².